The predicted molar refractivity (Wildman–Crippen MR) is 139 cm³/mol. The van der Waals surface area contributed by atoms with E-state index in [-0.39, 0.29) is 34.0 Å². The molecular weight excluding hydrogens is 493 g/mol. The summed E-state index contributed by atoms with van der Waals surface area (Å²) in [5, 5.41) is 7.39. The molecule has 0 radical (unpaired) electrons. The lowest BCUT2D eigenvalue weighted by molar-refractivity contribution is -0.136. The number of pyridine rings is 3. The van der Waals surface area contributed by atoms with Gasteiger partial charge in [0.25, 0.3) is 0 Å². The third kappa shape index (κ3) is 4.32. The van der Waals surface area contributed by atoms with Crippen LogP contribution < -0.4 is 10.6 Å². The van der Waals surface area contributed by atoms with Gasteiger partial charge < -0.3 is 15.6 Å². The minimum atomic E-state index is -4.61. The number of alkyl halides is 3. The summed E-state index contributed by atoms with van der Waals surface area (Å²) in [6.45, 7) is 5.66. The van der Waals surface area contributed by atoms with Crippen LogP contribution in [0.15, 0.2) is 55.2 Å². The molecule has 0 saturated carbocycles. The molecule has 6 rings (SSSR count). The Balaban J connectivity index is 1.55. The molecule has 5 aromatic rings. The number of rotatable bonds is 4. The lowest BCUT2D eigenvalue weighted by Gasteiger charge is -2.40. The average Bonchev–Trinajstić information content (AvgIpc) is 3.34. The van der Waals surface area contributed by atoms with E-state index in [0.29, 0.717) is 11.2 Å². The van der Waals surface area contributed by atoms with E-state index in [2.05, 4.69) is 49.4 Å². The lowest BCUT2D eigenvalue weighted by atomic mass is 9.80. The number of aromatic nitrogens is 6. The van der Waals surface area contributed by atoms with Crippen LogP contribution in [-0.2, 0) is 6.18 Å². The van der Waals surface area contributed by atoms with Gasteiger partial charge in [0.1, 0.15) is 11.5 Å². The summed E-state index contributed by atoms with van der Waals surface area (Å²) < 4.78 is 42.2. The van der Waals surface area contributed by atoms with Gasteiger partial charge in [-0.15, -0.1) is 0 Å². The van der Waals surface area contributed by atoms with Gasteiger partial charge in [-0.25, -0.2) is 15.0 Å². The number of halogens is 3. The van der Waals surface area contributed by atoms with Crippen molar-refractivity contribution in [2.45, 2.75) is 32.5 Å². The van der Waals surface area contributed by atoms with E-state index >= 15 is 0 Å². The SMILES string of the molecule is CC1(C)CNCC[C@@H]1Nc1nc(-c2ccnc3[nH]c(-c4cccnc4)cc23)nc2cncc(C(F)(F)F)c12. The van der Waals surface area contributed by atoms with Gasteiger partial charge in [0.15, 0.2) is 5.82 Å². The van der Waals surface area contributed by atoms with Crippen molar-refractivity contribution in [2.75, 3.05) is 18.4 Å². The second kappa shape index (κ2) is 9.02. The van der Waals surface area contributed by atoms with Crippen molar-refractivity contribution in [1.82, 2.24) is 35.2 Å². The standard InChI is InChI=1S/C27H25F3N8/c1-26(2)14-32-8-6-21(26)37-25-22-18(27(28,29)30)12-33-13-20(22)36-24(38-25)16-5-9-34-23-17(16)10-19(35-23)15-4-3-7-31-11-15/h3-5,7,9-13,21,32H,6,8,14H2,1-2H3,(H,34,35)(H,36,37,38)/t21-/m0/s1. The fourth-order valence-electron chi connectivity index (χ4n) is 5.03. The highest BCUT2D eigenvalue weighted by Crippen LogP contribution is 2.39. The van der Waals surface area contributed by atoms with Crippen molar-refractivity contribution in [3.05, 3.63) is 60.8 Å². The van der Waals surface area contributed by atoms with E-state index in [9.17, 15) is 13.2 Å². The molecule has 1 atom stereocenters. The summed E-state index contributed by atoms with van der Waals surface area (Å²) >= 11 is 0. The molecule has 0 aromatic carbocycles. The minimum Gasteiger partial charge on any atom is -0.366 e. The predicted octanol–water partition coefficient (Wildman–Crippen LogP) is 5.45. The molecule has 5 aromatic heterocycles. The Morgan fingerprint density at radius 3 is 2.68 bits per heavy atom. The molecule has 1 aliphatic heterocycles. The molecule has 1 saturated heterocycles. The van der Waals surface area contributed by atoms with Crippen LogP contribution in [0.3, 0.4) is 0 Å². The zero-order valence-corrected chi connectivity index (χ0v) is 20.8. The van der Waals surface area contributed by atoms with Crippen LogP contribution in [0.1, 0.15) is 25.8 Å². The second-order valence-electron chi connectivity index (χ2n) is 10.2. The fraction of sp³-hybridized carbons (Fsp3) is 0.296. The molecule has 8 nitrogen and oxygen atoms in total. The third-order valence-electron chi connectivity index (χ3n) is 7.10. The van der Waals surface area contributed by atoms with Gasteiger partial charge in [0.05, 0.1) is 22.7 Å². The Kier molecular flexibility index (Phi) is 5.75. The van der Waals surface area contributed by atoms with Crippen LogP contribution in [-0.4, -0.2) is 49.0 Å². The first-order chi connectivity index (χ1) is 18.2. The summed E-state index contributed by atoms with van der Waals surface area (Å²) in [5.74, 6) is 0.435. The summed E-state index contributed by atoms with van der Waals surface area (Å²) in [5.41, 5.74) is 2.00. The summed E-state index contributed by atoms with van der Waals surface area (Å²) in [6.07, 6.45) is 3.38. The first-order valence-electron chi connectivity index (χ1n) is 12.3. The Morgan fingerprint density at radius 1 is 1.05 bits per heavy atom. The maximum atomic E-state index is 14.1. The van der Waals surface area contributed by atoms with Gasteiger partial charge in [0.2, 0.25) is 0 Å². The highest BCUT2D eigenvalue weighted by molar-refractivity contribution is 5.98. The van der Waals surface area contributed by atoms with Crippen LogP contribution in [0, 0.1) is 5.41 Å². The van der Waals surface area contributed by atoms with Gasteiger partial charge in [-0.05, 0) is 42.6 Å². The summed E-state index contributed by atoms with van der Waals surface area (Å²) in [4.78, 5) is 25.0. The molecular formula is C27H25F3N8. The number of aromatic amines is 1. The van der Waals surface area contributed by atoms with Crippen LogP contribution in [0.2, 0.25) is 0 Å². The maximum Gasteiger partial charge on any atom is 0.418 e. The van der Waals surface area contributed by atoms with Crippen LogP contribution >= 0.6 is 0 Å². The number of hydrogen-bond acceptors (Lipinski definition) is 7. The largest absolute Gasteiger partial charge is 0.418 e. The lowest BCUT2D eigenvalue weighted by Crippen LogP contribution is -2.49. The third-order valence-corrected chi connectivity index (χ3v) is 7.10. The van der Waals surface area contributed by atoms with Gasteiger partial charge in [0, 0.05) is 59.6 Å². The van der Waals surface area contributed by atoms with Gasteiger partial charge >= 0.3 is 6.18 Å². The quantitative estimate of drug-likeness (QED) is 0.291. The second-order valence-corrected chi connectivity index (χ2v) is 10.2. The fourth-order valence-corrected chi connectivity index (χ4v) is 5.03. The first-order valence-corrected chi connectivity index (χ1v) is 12.3. The summed E-state index contributed by atoms with van der Waals surface area (Å²) in [6, 6.07) is 7.37. The number of anilines is 1. The Hall–Kier alpha value is -4.12. The molecule has 1 fully saturated rings. The van der Waals surface area contributed by atoms with Crippen molar-refractivity contribution in [2.24, 2.45) is 5.41 Å². The Bertz CT molecular complexity index is 1630. The zero-order valence-electron chi connectivity index (χ0n) is 20.8. The smallest absolute Gasteiger partial charge is 0.366 e. The zero-order chi connectivity index (χ0) is 26.5. The molecule has 0 amide bonds. The summed E-state index contributed by atoms with van der Waals surface area (Å²) in [7, 11) is 0. The number of fused-ring (bicyclic) bond motifs is 2. The van der Waals surface area contributed by atoms with Gasteiger partial charge in [-0.2, -0.15) is 13.2 Å². The van der Waals surface area contributed by atoms with Gasteiger partial charge in [-0.3, -0.25) is 9.97 Å². The Morgan fingerprint density at radius 2 is 1.92 bits per heavy atom. The molecule has 3 N–H and O–H groups in total. The van der Waals surface area contributed by atoms with E-state index in [1.807, 2.05) is 18.2 Å². The molecule has 0 spiro atoms. The number of nitrogens with zero attached hydrogens (tertiary/aromatic N) is 5. The van der Waals surface area contributed by atoms with E-state index in [1.54, 1.807) is 24.7 Å². The number of piperidine rings is 1. The molecule has 6 heterocycles. The van der Waals surface area contributed by atoms with Crippen molar-refractivity contribution >= 4 is 27.8 Å². The first kappa shape index (κ1) is 24.2. The van der Waals surface area contributed by atoms with E-state index in [1.165, 1.54) is 6.20 Å². The van der Waals surface area contributed by atoms with E-state index in [0.717, 1.165) is 42.4 Å². The van der Waals surface area contributed by atoms with Crippen molar-refractivity contribution in [3.63, 3.8) is 0 Å². The molecule has 0 bridgehead atoms. The molecule has 194 valence electrons. The Labute approximate surface area is 216 Å². The molecule has 38 heavy (non-hydrogen) atoms. The molecule has 1 aliphatic rings. The van der Waals surface area contributed by atoms with E-state index < -0.39 is 11.7 Å². The number of nitrogens with one attached hydrogen (secondary N) is 3. The van der Waals surface area contributed by atoms with Crippen molar-refractivity contribution in [3.8, 4) is 22.6 Å². The van der Waals surface area contributed by atoms with Crippen LogP contribution in [0.25, 0.3) is 44.6 Å². The minimum absolute atomic E-state index is 0.0824. The average molecular weight is 519 g/mol. The number of hydrogen-bond donors (Lipinski definition) is 3. The molecule has 0 unspecified atom stereocenters. The van der Waals surface area contributed by atoms with Crippen LogP contribution in [0.4, 0.5) is 19.0 Å². The maximum absolute atomic E-state index is 14.1. The number of H-pyrrole nitrogens is 1. The normalized spacial score (nSPS) is 17.7. The van der Waals surface area contributed by atoms with Crippen molar-refractivity contribution < 1.29 is 13.2 Å². The van der Waals surface area contributed by atoms with Crippen LogP contribution in [0.5, 0.6) is 0 Å². The van der Waals surface area contributed by atoms with Gasteiger partial charge in [-0.1, -0.05) is 13.8 Å². The molecule has 0 aliphatic carbocycles. The molecule has 11 heteroatoms. The monoisotopic (exact) mass is 518 g/mol. The van der Waals surface area contributed by atoms with E-state index in [4.69, 9.17) is 4.98 Å². The highest BCUT2D eigenvalue weighted by Gasteiger charge is 2.37. The van der Waals surface area contributed by atoms with Crippen molar-refractivity contribution in [1.29, 1.82) is 0 Å². The topological polar surface area (TPSA) is 104 Å². The highest BCUT2D eigenvalue weighted by atomic mass is 19.4.